The van der Waals surface area contributed by atoms with Crippen LogP contribution < -0.4 is 4.90 Å². The Balaban J connectivity index is 2.11. The van der Waals surface area contributed by atoms with Crippen LogP contribution in [0.4, 0.5) is 5.82 Å². The summed E-state index contributed by atoms with van der Waals surface area (Å²) in [7, 11) is 0. The number of aliphatic hydroxyl groups is 1. The summed E-state index contributed by atoms with van der Waals surface area (Å²) in [5.74, 6) is 0.959. The van der Waals surface area contributed by atoms with E-state index < -0.39 is 0 Å². The van der Waals surface area contributed by atoms with E-state index in [0.717, 1.165) is 12.4 Å². The first-order valence-corrected chi connectivity index (χ1v) is 6.55. The summed E-state index contributed by atoms with van der Waals surface area (Å²) in [5.41, 5.74) is 0.637. The highest BCUT2D eigenvalue weighted by Crippen LogP contribution is 2.25. The molecule has 0 radical (unpaired) electrons. The van der Waals surface area contributed by atoms with Gasteiger partial charge in [0.05, 0.1) is 12.3 Å². The molecule has 1 unspecified atom stereocenters. The molecule has 4 nitrogen and oxygen atoms in total. The summed E-state index contributed by atoms with van der Waals surface area (Å²) in [6.45, 7) is 3.27. The maximum atomic E-state index is 8.96. The van der Waals surface area contributed by atoms with E-state index in [1.807, 2.05) is 12.1 Å². The largest absolute Gasteiger partial charge is 0.390 e. The lowest BCUT2D eigenvalue weighted by molar-refractivity contribution is 0.275. The molecule has 0 aliphatic carbocycles. The fourth-order valence-electron chi connectivity index (χ4n) is 2.53. The Hall–Kier alpha value is -1.16. The molecule has 2 rings (SSSR count). The van der Waals surface area contributed by atoms with Crippen molar-refractivity contribution in [2.45, 2.75) is 51.7 Å². The Labute approximate surface area is 103 Å². The molecule has 1 saturated heterocycles. The average Bonchev–Trinajstić information content (AvgIpc) is 2.40. The Bertz CT molecular complexity index is 337. The minimum absolute atomic E-state index is 0.0360. The van der Waals surface area contributed by atoms with Crippen molar-refractivity contribution in [1.29, 1.82) is 0 Å². The monoisotopic (exact) mass is 235 g/mol. The van der Waals surface area contributed by atoms with Gasteiger partial charge < -0.3 is 10.0 Å². The van der Waals surface area contributed by atoms with Crippen LogP contribution >= 0.6 is 0 Å². The van der Waals surface area contributed by atoms with Crippen LogP contribution in [-0.2, 0) is 6.61 Å². The zero-order chi connectivity index (χ0) is 12.1. The zero-order valence-electron chi connectivity index (χ0n) is 10.5. The Morgan fingerprint density at radius 1 is 1.35 bits per heavy atom. The molecule has 1 atom stereocenters. The fraction of sp³-hybridized carbons (Fsp3) is 0.692. The van der Waals surface area contributed by atoms with E-state index in [-0.39, 0.29) is 6.61 Å². The number of hydrogen-bond donors (Lipinski definition) is 1. The highest BCUT2D eigenvalue weighted by Gasteiger charge is 2.22. The molecule has 2 heterocycles. The van der Waals surface area contributed by atoms with Gasteiger partial charge in [-0.3, -0.25) is 0 Å². The summed E-state index contributed by atoms with van der Waals surface area (Å²) in [6, 6.07) is 4.45. The molecule has 4 heteroatoms. The van der Waals surface area contributed by atoms with Crippen molar-refractivity contribution < 1.29 is 5.11 Å². The molecule has 1 N–H and O–H groups in total. The van der Waals surface area contributed by atoms with Crippen LogP contribution in [0.3, 0.4) is 0 Å². The number of anilines is 1. The van der Waals surface area contributed by atoms with Gasteiger partial charge in [0.2, 0.25) is 0 Å². The number of aliphatic hydroxyl groups excluding tert-OH is 1. The van der Waals surface area contributed by atoms with Gasteiger partial charge in [0, 0.05) is 12.6 Å². The van der Waals surface area contributed by atoms with Crippen LogP contribution in [0.15, 0.2) is 12.1 Å². The highest BCUT2D eigenvalue weighted by atomic mass is 16.3. The van der Waals surface area contributed by atoms with Crippen molar-refractivity contribution in [2.75, 3.05) is 11.4 Å². The maximum Gasteiger partial charge on any atom is 0.151 e. The molecule has 0 amide bonds. The van der Waals surface area contributed by atoms with Crippen molar-refractivity contribution in [2.24, 2.45) is 0 Å². The van der Waals surface area contributed by atoms with E-state index in [2.05, 4.69) is 22.0 Å². The third-order valence-corrected chi connectivity index (χ3v) is 3.41. The topological polar surface area (TPSA) is 49.2 Å². The van der Waals surface area contributed by atoms with E-state index in [9.17, 15) is 0 Å². The Kier molecular flexibility index (Phi) is 4.31. The van der Waals surface area contributed by atoms with Gasteiger partial charge in [-0.05, 0) is 37.8 Å². The lowest BCUT2D eigenvalue weighted by Crippen LogP contribution is -2.40. The first-order chi connectivity index (χ1) is 8.35. The fourth-order valence-corrected chi connectivity index (χ4v) is 2.53. The second-order valence-corrected chi connectivity index (χ2v) is 4.67. The maximum absolute atomic E-state index is 8.96. The second-order valence-electron chi connectivity index (χ2n) is 4.67. The molecule has 94 valence electrons. The molecular formula is C13H21N3O. The van der Waals surface area contributed by atoms with Crippen LogP contribution in [0, 0.1) is 0 Å². The van der Waals surface area contributed by atoms with Crippen LogP contribution in [0.1, 0.15) is 44.7 Å². The predicted molar refractivity (Wildman–Crippen MR) is 67.8 cm³/mol. The lowest BCUT2D eigenvalue weighted by atomic mass is 9.98. The number of piperidine rings is 1. The molecule has 0 saturated carbocycles. The van der Waals surface area contributed by atoms with Crippen LogP contribution in [0.2, 0.25) is 0 Å². The van der Waals surface area contributed by atoms with Crippen LogP contribution in [-0.4, -0.2) is 27.9 Å². The van der Waals surface area contributed by atoms with Gasteiger partial charge in [0.15, 0.2) is 5.82 Å². The van der Waals surface area contributed by atoms with E-state index in [1.165, 1.54) is 32.1 Å². The minimum Gasteiger partial charge on any atom is -0.390 e. The van der Waals surface area contributed by atoms with Crippen molar-refractivity contribution >= 4 is 5.82 Å². The molecule has 17 heavy (non-hydrogen) atoms. The molecular weight excluding hydrogens is 214 g/mol. The summed E-state index contributed by atoms with van der Waals surface area (Å²) in [4.78, 5) is 2.38. The molecule has 1 aliphatic heterocycles. The average molecular weight is 235 g/mol. The first-order valence-electron chi connectivity index (χ1n) is 6.55. The third kappa shape index (κ3) is 2.94. The number of aromatic nitrogens is 2. The van der Waals surface area contributed by atoms with E-state index in [0.29, 0.717) is 11.7 Å². The zero-order valence-corrected chi connectivity index (χ0v) is 10.5. The van der Waals surface area contributed by atoms with Crippen molar-refractivity contribution in [1.82, 2.24) is 10.2 Å². The second kappa shape index (κ2) is 5.96. The van der Waals surface area contributed by atoms with Gasteiger partial charge in [-0.15, -0.1) is 5.10 Å². The Morgan fingerprint density at radius 3 is 2.88 bits per heavy atom. The highest BCUT2D eigenvalue weighted by molar-refractivity contribution is 5.39. The van der Waals surface area contributed by atoms with E-state index >= 15 is 0 Å². The number of rotatable bonds is 4. The molecule has 1 aromatic rings. The van der Waals surface area contributed by atoms with Gasteiger partial charge >= 0.3 is 0 Å². The molecule has 0 aromatic carbocycles. The van der Waals surface area contributed by atoms with Gasteiger partial charge in [-0.25, -0.2) is 0 Å². The van der Waals surface area contributed by atoms with E-state index in [4.69, 9.17) is 5.11 Å². The Morgan fingerprint density at radius 2 is 2.24 bits per heavy atom. The van der Waals surface area contributed by atoms with Crippen LogP contribution in [0.5, 0.6) is 0 Å². The minimum atomic E-state index is -0.0360. The number of hydrogen-bond acceptors (Lipinski definition) is 4. The first kappa shape index (κ1) is 12.3. The standard InChI is InChI=1S/C13H21N3O/c1-2-5-12-6-3-4-9-16(12)13-8-7-11(10-17)14-15-13/h7-8,12,17H,2-6,9-10H2,1H3. The van der Waals surface area contributed by atoms with Crippen LogP contribution in [0.25, 0.3) is 0 Å². The quantitative estimate of drug-likeness (QED) is 0.868. The summed E-state index contributed by atoms with van der Waals surface area (Å²) >= 11 is 0. The lowest BCUT2D eigenvalue weighted by Gasteiger charge is -2.36. The van der Waals surface area contributed by atoms with Crippen molar-refractivity contribution in [3.8, 4) is 0 Å². The summed E-state index contributed by atoms with van der Waals surface area (Å²) < 4.78 is 0. The summed E-state index contributed by atoms with van der Waals surface area (Å²) in [6.07, 6.45) is 6.26. The molecule has 0 spiro atoms. The smallest absolute Gasteiger partial charge is 0.151 e. The number of nitrogens with zero attached hydrogens (tertiary/aromatic N) is 3. The molecule has 1 aliphatic rings. The van der Waals surface area contributed by atoms with Gasteiger partial charge in [-0.1, -0.05) is 13.3 Å². The van der Waals surface area contributed by atoms with Gasteiger partial charge in [0.1, 0.15) is 0 Å². The molecule has 1 fully saturated rings. The van der Waals surface area contributed by atoms with E-state index in [1.54, 1.807) is 0 Å². The molecule has 0 bridgehead atoms. The summed E-state index contributed by atoms with van der Waals surface area (Å²) in [5, 5.41) is 17.2. The van der Waals surface area contributed by atoms with Gasteiger partial charge in [0.25, 0.3) is 0 Å². The van der Waals surface area contributed by atoms with Crippen molar-refractivity contribution in [3.63, 3.8) is 0 Å². The third-order valence-electron chi connectivity index (χ3n) is 3.41. The normalized spacial score (nSPS) is 20.6. The SMILES string of the molecule is CCCC1CCCCN1c1ccc(CO)nn1. The van der Waals surface area contributed by atoms with Gasteiger partial charge in [-0.2, -0.15) is 5.10 Å². The predicted octanol–water partition coefficient (Wildman–Crippen LogP) is 2.13. The van der Waals surface area contributed by atoms with Crippen molar-refractivity contribution in [3.05, 3.63) is 17.8 Å². The molecule has 1 aromatic heterocycles.